The Kier molecular flexibility index (Phi) is 6.72. The minimum Gasteiger partial charge on any atom is -0.465 e. The normalized spacial score (nSPS) is 9.57. The van der Waals surface area contributed by atoms with Gasteiger partial charge in [0.05, 0.1) is 13.0 Å². The summed E-state index contributed by atoms with van der Waals surface area (Å²) >= 11 is 0. The van der Waals surface area contributed by atoms with E-state index in [4.69, 9.17) is 4.74 Å². The Hall–Kier alpha value is -1.12. The second kappa shape index (κ2) is 7.30. The van der Waals surface area contributed by atoms with Gasteiger partial charge >= 0.3 is 5.97 Å². The molecule has 0 spiro atoms. The van der Waals surface area contributed by atoms with Gasteiger partial charge in [-0.25, -0.2) is 0 Å². The van der Waals surface area contributed by atoms with Gasteiger partial charge < -0.3 is 4.74 Å². The Morgan fingerprint density at radius 3 is 2.43 bits per heavy atom. The van der Waals surface area contributed by atoms with Gasteiger partial charge in [0.15, 0.2) is 5.78 Å². The quantitative estimate of drug-likeness (QED) is 0.358. The van der Waals surface area contributed by atoms with Crippen molar-refractivity contribution in [2.75, 3.05) is 6.61 Å². The predicted octanol–water partition coefficient (Wildman–Crippen LogP) is 2.26. The van der Waals surface area contributed by atoms with Crippen LogP contribution in [0.4, 0.5) is 0 Å². The van der Waals surface area contributed by atoms with Gasteiger partial charge in [-0.2, -0.15) is 0 Å². The van der Waals surface area contributed by atoms with E-state index in [1.807, 2.05) is 0 Å². The lowest BCUT2D eigenvalue weighted by molar-refractivity contribution is -0.143. The molecular weight excluding hydrogens is 180 g/mol. The molecule has 0 N–H and O–H groups in total. The van der Waals surface area contributed by atoms with Gasteiger partial charge in [0, 0.05) is 0 Å². The van der Waals surface area contributed by atoms with Gasteiger partial charge in [-0.1, -0.05) is 26.3 Å². The summed E-state index contributed by atoms with van der Waals surface area (Å²) in [6, 6.07) is 0. The second-order valence-corrected chi connectivity index (χ2v) is 3.26. The standard InChI is InChI=1S/C11H18O3/c1-4-5-6-7-14-11(13)8-9(2)10(3)12/h2,4-8H2,1,3H3. The minimum absolute atomic E-state index is 0.0153. The number of ketones is 1. The smallest absolute Gasteiger partial charge is 0.310 e. The summed E-state index contributed by atoms with van der Waals surface area (Å²) in [6.07, 6.45) is 3.05. The molecule has 3 heteroatoms. The maximum atomic E-state index is 11.1. The van der Waals surface area contributed by atoms with Crippen molar-refractivity contribution in [3.8, 4) is 0 Å². The highest BCUT2D eigenvalue weighted by atomic mass is 16.5. The topological polar surface area (TPSA) is 43.4 Å². The van der Waals surface area contributed by atoms with Crippen molar-refractivity contribution in [1.82, 2.24) is 0 Å². The summed E-state index contributed by atoms with van der Waals surface area (Å²) in [6.45, 7) is 7.41. The third kappa shape index (κ3) is 6.40. The molecule has 0 bridgehead atoms. The van der Waals surface area contributed by atoms with Gasteiger partial charge in [-0.05, 0) is 18.9 Å². The van der Waals surface area contributed by atoms with Crippen molar-refractivity contribution >= 4 is 11.8 Å². The molecule has 0 aromatic heterocycles. The van der Waals surface area contributed by atoms with E-state index >= 15 is 0 Å². The van der Waals surface area contributed by atoms with Crippen molar-refractivity contribution in [2.45, 2.75) is 39.5 Å². The van der Waals surface area contributed by atoms with Gasteiger partial charge in [0.25, 0.3) is 0 Å². The third-order valence-corrected chi connectivity index (χ3v) is 1.87. The summed E-state index contributed by atoms with van der Waals surface area (Å²) in [7, 11) is 0. The maximum absolute atomic E-state index is 11.1. The third-order valence-electron chi connectivity index (χ3n) is 1.87. The van der Waals surface area contributed by atoms with Crippen LogP contribution in [0.15, 0.2) is 12.2 Å². The van der Waals surface area contributed by atoms with Crippen molar-refractivity contribution in [3.63, 3.8) is 0 Å². The highest BCUT2D eigenvalue weighted by molar-refractivity contribution is 5.96. The Morgan fingerprint density at radius 1 is 1.29 bits per heavy atom. The van der Waals surface area contributed by atoms with Crippen molar-refractivity contribution in [1.29, 1.82) is 0 Å². The first kappa shape index (κ1) is 12.9. The zero-order chi connectivity index (χ0) is 11.0. The lowest BCUT2D eigenvalue weighted by Crippen LogP contribution is -2.09. The number of carbonyl (C=O) groups is 2. The van der Waals surface area contributed by atoms with E-state index in [0.717, 1.165) is 19.3 Å². The fourth-order valence-electron chi connectivity index (χ4n) is 0.888. The molecule has 3 nitrogen and oxygen atoms in total. The van der Waals surface area contributed by atoms with Crippen molar-refractivity contribution < 1.29 is 14.3 Å². The van der Waals surface area contributed by atoms with Crippen LogP contribution in [0.2, 0.25) is 0 Å². The lowest BCUT2D eigenvalue weighted by atomic mass is 10.1. The summed E-state index contributed by atoms with van der Waals surface area (Å²) in [4.78, 5) is 21.8. The van der Waals surface area contributed by atoms with Gasteiger partial charge in [-0.3, -0.25) is 9.59 Å². The van der Waals surface area contributed by atoms with Crippen molar-refractivity contribution in [3.05, 3.63) is 12.2 Å². The highest BCUT2D eigenvalue weighted by Gasteiger charge is 2.08. The number of carbonyl (C=O) groups excluding carboxylic acids is 2. The second-order valence-electron chi connectivity index (χ2n) is 3.26. The van der Waals surface area contributed by atoms with Crippen LogP contribution in [0.25, 0.3) is 0 Å². The fraction of sp³-hybridized carbons (Fsp3) is 0.636. The van der Waals surface area contributed by atoms with Crippen LogP contribution in [0.5, 0.6) is 0 Å². The van der Waals surface area contributed by atoms with Crippen LogP contribution in [-0.4, -0.2) is 18.4 Å². The molecule has 0 atom stereocenters. The average molecular weight is 198 g/mol. The summed E-state index contributed by atoms with van der Waals surface area (Å²) in [5.74, 6) is -0.517. The van der Waals surface area contributed by atoms with E-state index in [0.29, 0.717) is 12.2 Å². The zero-order valence-electron chi connectivity index (χ0n) is 8.97. The molecule has 0 heterocycles. The van der Waals surface area contributed by atoms with Crippen LogP contribution < -0.4 is 0 Å². The molecule has 0 aliphatic heterocycles. The Labute approximate surface area is 85.1 Å². The SMILES string of the molecule is C=C(CC(=O)OCCCCC)C(C)=O. The monoisotopic (exact) mass is 198 g/mol. The Morgan fingerprint density at radius 2 is 1.93 bits per heavy atom. The summed E-state index contributed by atoms with van der Waals surface area (Å²) < 4.78 is 4.91. The van der Waals surface area contributed by atoms with Crippen LogP contribution in [0.3, 0.4) is 0 Å². The maximum Gasteiger partial charge on any atom is 0.310 e. The molecule has 0 unspecified atom stereocenters. The van der Waals surface area contributed by atoms with Gasteiger partial charge in [0.1, 0.15) is 0 Å². The largest absolute Gasteiger partial charge is 0.465 e. The summed E-state index contributed by atoms with van der Waals surface area (Å²) in [5, 5.41) is 0. The molecule has 0 saturated heterocycles. The van der Waals surface area contributed by atoms with Gasteiger partial charge in [0.2, 0.25) is 0 Å². The highest BCUT2D eigenvalue weighted by Crippen LogP contribution is 2.02. The molecule has 0 amide bonds. The number of Topliss-reactive ketones (excluding diaryl/α,β-unsaturated/α-hetero) is 1. The molecule has 14 heavy (non-hydrogen) atoms. The predicted molar refractivity (Wildman–Crippen MR) is 54.9 cm³/mol. The van der Waals surface area contributed by atoms with E-state index in [9.17, 15) is 9.59 Å². The molecule has 80 valence electrons. The Bertz CT molecular complexity index is 219. The molecule has 0 saturated carbocycles. The summed E-state index contributed by atoms with van der Waals surface area (Å²) in [5.41, 5.74) is 0.311. The van der Waals surface area contributed by atoms with Crippen LogP contribution in [0, 0.1) is 0 Å². The molecule has 0 rings (SSSR count). The van der Waals surface area contributed by atoms with E-state index < -0.39 is 0 Å². The lowest BCUT2D eigenvalue weighted by Gasteiger charge is -2.04. The molecule has 0 aliphatic rings. The van der Waals surface area contributed by atoms with E-state index in [1.54, 1.807) is 0 Å². The molecule has 0 aromatic rings. The molecular formula is C11H18O3. The van der Waals surface area contributed by atoms with Gasteiger partial charge in [-0.15, -0.1) is 0 Å². The minimum atomic E-state index is -0.360. The number of rotatable bonds is 7. The molecule has 0 aliphatic carbocycles. The van der Waals surface area contributed by atoms with Crippen LogP contribution in [0.1, 0.15) is 39.5 Å². The molecule has 0 radical (unpaired) electrons. The van der Waals surface area contributed by atoms with Crippen LogP contribution in [-0.2, 0) is 14.3 Å². The number of unbranched alkanes of at least 4 members (excludes halogenated alkanes) is 2. The fourth-order valence-corrected chi connectivity index (χ4v) is 0.888. The van der Waals surface area contributed by atoms with E-state index in [-0.39, 0.29) is 18.2 Å². The average Bonchev–Trinajstić information content (AvgIpc) is 2.12. The molecule has 0 aromatic carbocycles. The first-order valence-electron chi connectivity index (χ1n) is 4.92. The van der Waals surface area contributed by atoms with E-state index in [1.165, 1.54) is 6.92 Å². The number of esters is 1. The Balaban J connectivity index is 3.56. The number of ether oxygens (including phenoxy) is 1. The number of hydrogen-bond donors (Lipinski definition) is 0. The first-order valence-corrected chi connectivity index (χ1v) is 4.92. The molecule has 0 fully saturated rings. The van der Waals surface area contributed by atoms with E-state index in [2.05, 4.69) is 13.5 Å². The first-order chi connectivity index (χ1) is 6.57. The zero-order valence-corrected chi connectivity index (χ0v) is 8.97. The van der Waals surface area contributed by atoms with Crippen LogP contribution >= 0.6 is 0 Å². The van der Waals surface area contributed by atoms with Crippen molar-refractivity contribution in [2.24, 2.45) is 0 Å². The number of hydrogen-bond acceptors (Lipinski definition) is 3.